The van der Waals surface area contributed by atoms with Gasteiger partial charge in [0.05, 0.1) is 35.9 Å². The number of furan rings is 1. The quantitative estimate of drug-likeness (QED) is 0.408. The van der Waals surface area contributed by atoms with Gasteiger partial charge in [0.1, 0.15) is 17.1 Å². The van der Waals surface area contributed by atoms with Crippen LogP contribution in [-0.2, 0) is 22.4 Å². The van der Waals surface area contributed by atoms with Crippen LogP contribution in [0.2, 0.25) is 5.02 Å². The zero-order valence-corrected chi connectivity index (χ0v) is 17.8. The number of halogens is 1. The van der Waals surface area contributed by atoms with Gasteiger partial charge in [-0.25, -0.2) is 4.79 Å². The largest absolute Gasteiger partial charge is 0.497 e. The second-order valence-electron chi connectivity index (χ2n) is 7.21. The minimum atomic E-state index is -1.18. The highest BCUT2D eigenvalue weighted by Gasteiger charge is 2.26. The normalized spacial score (nSPS) is 11.2. The molecule has 4 rings (SSSR count). The predicted molar refractivity (Wildman–Crippen MR) is 117 cm³/mol. The van der Waals surface area contributed by atoms with Gasteiger partial charge in [-0.1, -0.05) is 11.6 Å². The van der Waals surface area contributed by atoms with Crippen LogP contribution in [0.15, 0.2) is 44.0 Å². The minimum Gasteiger partial charge on any atom is -0.497 e. The number of rotatable bonds is 6. The molecule has 0 unspecified atom stereocenters. The fourth-order valence-corrected chi connectivity index (χ4v) is 4.01. The topological polar surface area (TPSA) is 127 Å². The molecule has 32 heavy (non-hydrogen) atoms. The molecule has 2 heterocycles. The number of fused-ring (bicyclic) bond motifs is 3. The van der Waals surface area contributed by atoms with Gasteiger partial charge in [-0.15, -0.1) is 0 Å². The smallest absolute Gasteiger partial charge is 0.340 e. The lowest BCUT2D eigenvalue weighted by molar-refractivity contribution is -0.137. The lowest BCUT2D eigenvalue weighted by Crippen LogP contribution is -2.15. The van der Waals surface area contributed by atoms with E-state index in [2.05, 4.69) is 0 Å². The summed E-state index contributed by atoms with van der Waals surface area (Å²) in [5, 5.41) is 19.5. The Morgan fingerprint density at radius 2 is 1.62 bits per heavy atom. The number of carboxylic acids is 2. The van der Waals surface area contributed by atoms with Crippen LogP contribution in [0.25, 0.3) is 33.3 Å². The van der Waals surface area contributed by atoms with Crippen molar-refractivity contribution in [3.05, 3.63) is 62.5 Å². The number of methoxy groups -OCH3 is 1. The SMILES string of the molecule is COc1ccc(-c2oc3c(Cl)cc4c(C)c(CC(=O)O)c(=O)oc4c3c2CC(=O)O)cc1. The maximum Gasteiger partial charge on any atom is 0.340 e. The maximum atomic E-state index is 12.6. The van der Waals surface area contributed by atoms with Crippen molar-refractivity contribution in [1.29, 1.82) is 0 Å². The Hall–Kier alpha value is -3.78. The highest BCUT2D eigenvalue weighted by Crippen LogP contribution is 2.42. The summed E-state index contributed by atoms with van der Waals surface area (Å²) >= 11 is 6.47. The van der Waals surface area contributed by atoms with Crippen LogP contribution in [0.5, 0.6) is 5.75 Å². The van der Waals surface area contributed by atoms with Gasteiger partial charge >= 0.3 is 17.6 Å². The number of carboxylic acid groups (broad SMARTS) is 2. The Kier molecular flexibility index (Phi) is 5.40. The molecule has 4 aromatic rings. The lowest BCUT2D eigenvalue weighted by atomic mass is 9.98. The van der Waals surface area contributed by atoms with Gasteiger partial charge in [0, 0.05) is 16.5 Å². The first-order valence-corrected chi connectivity index (χ1v) is 9.87. The third-order valence-corrected chi connectivity index (χ3v) is 5.55. The molecule has 0 atom stereocenters. The summed E-state index contributed by atoms with van der Waals surface area (Å²) in [5.74, 6) is -1.41. The summed E-state index contributed by atoms with van der Waals surface area (Å²) in [6.45, 7) is 1.60. The van der Waals surface area contributed by atoms with E-state index in [9.17, 15) is 19.5 Å². The van der Waals surface area contributed by atoms with E-state index >= 15 is 0 Å². The predicted octanol–water partition coefficient (Wildman–Crippen LogP) is 4.43. The zero-order chi connectivity index (χ0) is 23.2. The van der Waals surface area contributed by atoms with E-state index in [0.29, 0.717) is 27.8 Å². The number of hydrogen-bond donors (Lipinski definition) is 2. The third kappa shape index (κ3) is 3.58. The number of aryl methyl sites for hydroxylation is 1. The number of aliphatic carboxylic acids is 2. The molecule has 2 N–H and O–H groups in total. The van der Waals surface area contributed by atoms with E-state index in [4.69, 9.17) is 30.3 Å². The molecule has 0 radical (unpaired) electrons. The van der Waals surface area contributed by atoms with Crippen LogP contribution in [-0.4, -0.2) is 29.3 Å². The van der Waals surface area contributed by atoms with Crippen LogP contribution in [0.4, 0.5) is 0 Å². The summed E-state index contributed by atoms with van der Waals surface area (Å²) in [7, 11) is 1.53. The van der Waals surface area contributed by atoms with Gasteiger partial charge in [-0.2, -0.15) is 0 Å². The monoisotopic (exact) mass is 456 g/mol. The Labute approximate surface area is 185 Å². The molecule has 2 aromatic carbocycles. The van der Waals surface area contributed by atoms with Gasteiger partial charge < -0.3 is 23.8 Å². The average molecular weight is 457 g/mol. The number of carbonyl (C=O) groups is 2. The third-order valence-electron chi connectivity index (χ3n) is 5.27. The molecule has 0 saturated carbocycles. The summed E-state index contributed by atoms with van der Waals surface area (Å²) in [6.07, 6.45) is -0.923. The van der Waals surface area contributed by atoms with Gasteiger partial charge in [-0.05, 0) is 42.8 Å². The van der Waals surface area contributed by atoms with Crippen molar-refractivity contribution in [1.82, 2.24) is 0 Å². The van der Waals surface area contributed by atoms with Crippen molar-refractivity contribution in [3.63, 3.8) is 0 Å². The molecule has 0 bridgehead atoms. The average Bonchev–Trinajstić information content (AvgIpc) is 3.11. The van der Waals surface area contributed by atoms with Crippen molar-refractivity contribution < 1.29 is 33.4 Å². The molecule has 0 aliphatic rings. The zero-order valence-electron chi connectivity index (χ0n) is 17.0. The molecule has 2 aromatic heterocycles. The summed E-state index contributed by atoms with van der Waals surface area (Å²) < 4.78 is 16.6. The molecule has 9 heteroatoms. The minimum absolute atomic E-state index is 0.000857. The van der Waals surface area contributed by atoms with Crippen molar-refractivity contribution in [2.45, 2.75) is 19.8 Å². The highest BCUT2D eigenvalue weighted by atomic mass is 35.5. The fraction of sp³-hybridized carbons (Fsp3) is 0.174. The van der Waals surface area contributed by atoms with E-state index in [1.807, 2.05) is 0 Å². The first-order chi connectivity index (χ1) is 15.2. The van der Waals surface area contributed by atoms with E-state index in [1.54, 1.807) is 31.2 Å². The highest BCUT2D eigenvalue weighted by molar-refractivity contribution is 6.37. The van der Waals surface area contributed by atoms with Crippen LogP contribution < -0.4 is 10.4 Å². The van der Waals surface area contributed by atoms with Crippen molar-refractivity contribution in [3.8, 4) is 17.1 Å². The standard InChI is InChI=1S/C23H17ClO8/c1-10-13-7-16(24)22-19(21(13)32-23(29)14(10)8-17(25)26)15(9-18(27)28)20(31-22)11-3-5-12(30-2)6-4-11/h3-7H,8-9H2,1-2H3,(H,25,26)(H,27,28). The number of benzene rings is 2. The first kappa shape index (κ1) is 21.5. The number of hydrogen-bond acceptors (Lipinski definition) is 6. The van der Waals surface area contributed by atoms with Crippen LogP contribution in [0.1, 0.15) is 16.7 Å². The Balaban J connectivity index is 2.10. The molecule has 0 spiro atoms. The van der Waals surface area contributed by atoms with E-state index < -0.39 is 30.4 Å². The first-order valence-electron chi connectivity index (χ1n) is 9.49. The molecule has 0 aliphatic carbocycles. The van der Waals surface area contributed by atoms with Crippen LogP contribution in [0.3, 0.4) is 0 Å². The summed E-state index contributed by atoms with van der Waals surface area (Å²) in [6, 6.07) is 8.36. The van der Waals surface area contributed by atoms with E-state index in [1.165, 1.54) is 13.2 Å². The maximum absolute atomic E-state index is 12.6. The van der Waals surface area contributed by atoms with Gasteiger partial charge in [0.15, 0.2) is 5.58 Å². The molecular weight excluding hydrogens is 440 g/mol. The second-order valence-corrected chi connectivity index (χ2v) is 7.62. The number of ether oxygens (including phenoxy) is 1. The Bertz CT molecular complexity index is 1440. The second kappa shape index (κ2) is 8.05. The van der Waals surface area contributed by atoms with Crippen LogP contribution in [0, 0.1) is 6.92 Å². The molecule has 0 saturated heterocycles. The lowest BCUT2D eigenvalue weighted by Gasteiger charge is -2.08. The van der Waals surface area contributed by atoms with Gasteiger partial charge in [0.25, 0.3) is 0 Å². The van der Waals surface area contributed by atoms with Gasteiger partial charge in [0.2, 0.25) is 0 Å². The van der Waals surface area contributed by atoms with Crippen molar-refractivity contribution >= 4 is 45.5 Å². The molecule has 0 aliphatic heterocycles. The molecule has 0 fully saturated rings. The van der Waals surface area contributed by atoms with E-state index in [-0.39, 0.29) is 32.9 Å². The molecular formula is C23H17ClO8. The van der Waals surface area contributed by atoms with E-state index in [0.717, 1.165) is 0 Å². The van der Waals surface area contributed by atoms with Crippen LogP contribution >= 0.6 is 11.6 Å². The summed E-state index contributed by atoms with van der Waals surface area (Å²) in [5.41, 5.74) is 0.739. The summed E-state index contributed by atoms with van der Waals surface area (Å²) in [4.78, 5) is 35.4. The molecule has 0 amide bonds. The van der Waals surface area contributed by atoms with Gasteiger partial charge in [-0.3, -0.25) is 9.59 Å². The Morgan fingerprint density at radius 1 is 1.00 bits per heavy atom. The molecule has 164 valence electrons. The fourth-order valence-electron chi connectivity index (χ4n) is 3.77. The van der Waals surface area contributed by atoms with Crippen molar-refractivity contribution in [2.24, 2.45) is 0 Å². The molecule has 8 nitrogen and oxygen atoms in total. The van der Waals surface area contributed by atoms with Crippen molar-refractivity contribution in [2.75, 3.05) is 7.11 Å². The Morgan fingerprint density at radius 3 is 2.22 bits per heavy atom.